The van der Waals surface area contributed by atoms with Crippen molar-refractivity contribution in [3.63, 3.8) is 0 Å². The van der Waals surface area contributed by atoms with E-state index in [0.29, 0.717) is 47.1 Å². The lowest BCUT2D eigenvalue weighted by atomic mass is 9.80. The maximum absolute atomic E-state index is 13.9. The maximum atomic E-state index is 13.9. The zero-order valence-corrected chi connectivity index (χ0v) is 24.5. The van der Waals surface area contributed by atoms with Crippen LogP contribution in [0, 0.1) is 0 Å². The summed E-state index contributed by atoms with van der Waals surface area (Å²) in [6, 6.07) is 10.6. The fraction of sp³-hybridized carbons (Fsp3) is 0.375. The van der Waals surface area contributed by atoms with Gasteiger partial charge in [-0.05, 0) is 76.9 Å². The molecule has 5 rings (SSSR count). The zero-order chi connectivity index (χ0) is 31.3. The lowest BCUT2D eigenvalue weighted by Gasteiger charge is -2.32. The fourth-order valence-corrected chi connectivity index (χ4v) is 5.70. The third-order valence-electron chi connectivity index (χ3n) is 7.31. The van der Waals surface area contributed by atoms with E-state index in [0.717, 1.165) is 16.7 Å². The van der Waals surface area contributed by atoms with Crippen LogP contribution in [0.2, 0.25) is 0 Å². The Hall–Kier alpha value is -4.41. The minimum atomic E-state index is -5.27. The Morgan fingerprint density at radius 1 is 1.09 bits per heavy atom. The van der Waals surface area contributed by atoms with Crippen LogP contribution in [0.15, 0.2) is 53.7 Å². The molecule has 2 aliphatic heterocycles. The number of aromatic carboxylic acids is 1. The molecule has 0 bridgehead atoms. The number of amides is 1. The number of benzene rings is 2. The van der Waals surface area contributed by atoms with E-state index in [2.05, 4.69) is 4.98 Å². The quantitative estimate of drug-likeness (QED) is 0.351. The van der Waals surface area contributed by atoms with E-state index in [4.69, 9.17) is 14.5 Å². The van der Waals surface area contributed by atoms with Crippen molar-refractivity contribution in [1.29, 1.82) is 0 Å². The van der Waals surface area contributed by atoms with E-state index in [-0.39, 0.29) is 5.69 Å². The third kappa shape index (κ3) is 5.93. The molecule has 2 aliphatic rings. The number of aliphatic imine (C=N–C) groups is 1. The third-order valence-corrected chi connectivity index (χ3v) is 7.31. The number of carboxylic acid groups (broad SMARTS) is 1. The first-order chi connectivity index (χ1) is 20.1. The van der Waals surface area contributed by atoms with Crippen LogP contribution in [0.3, 0.4) is 0 Å². The van der Waals surface area contributed by atoms with Crippen LogP contribution in [0.25, 0.3) is 0 Å². The summed E-state index contributed by atoms with van der Waals surface area (Å²) < 4.78 is 53.9. The first kappa shape index (κ1) is 30.1. The molecule has 0 aliphatic carbocycles. The number of fused-ring (bicyclic) bond motifs is 3. The molecular formula is C32H32F3N3O5. The second-order valence-electron chi connectivity index (χ2n) is 11.9. The molecule has 226 valence electrons. The number of nitrogens with zero attached hydrogens (tertiary/aromatic N) is 3. The highest BCUT2D eigenvalue weighted by Gasteiger charge is 2.45. The SMILES string of the molecule is CCOc1cc2c(c3c1OC(C)(C)C3)C(c1ccc(C(=O)O)c(N(Cc3ccccn3)C(=O)C(F)(F)F)c1)=NC(C)(C)C2. The number of carbonyl (C=O) groups excluding carboxylic acids is 1. The number of carboxylic acids is 1. The van der Waals surface area contributed by atoms with Crippen LogP contribution >= 0.6 is 0 Å². The Bertz CT molecular complexity index is 1630. The summed E-state index contributed by atoms with van der Waals surface area (Å²) in [6.45, 7) is 9.51. The van der Waals surface area contributed by atoms with E-state index in [1.54, 1.807) is 12.1 Å². The molecule has 0 saturated carbocycles. The molecule has 1 N–H and O–H groups in total. The van der Waals surface area contributed by atoms with Crippen molar-refractivity contribution in [1.82, 2.24) is 4.98 Å². The molecule has 0 fully saturated rings. The number of carbonyl (C=O) groups is 2. The van der Waals surface area contributed by atoms with E-state index in [1.807, 2.05) is 40.7 Å². The molecule has 11 heteroatoms. The molecule has 0 saturated heterocycles. The van der Waals surface area contributed by atoms with Gasteiger partial charge in [0.05, 0.1) is 41.3 Å². The molecule has 43 heavy (non-hydrogen) atoms. The van der Waals surface area contributed by atoms with Gasteiger partial charge in [-0.25, -0.2) is 4.79 Å². The van der Waals surface area contributed by atoms with Crippen molar-refractivity contribution >= 4 is 23.3 Å². The molecule has 1 aromatic heterocycles. The topological polar surface area (TPSA) is 101 Å². The monoisotopic (exact) mass is 595 g/mol. The highest BCUT2D eigenvalue weighted by Crippen LogP contribution is 2.48. The second-order valence-corrected chi connectivity index (χ2v) is 11.9. The predicted molar refractivity (Wildman–Crippen MR) is 154 cm³/mol. The average Bonchev–Trinajstić information content (AvgIpc) is 3.25. The number of hydrogen-bond donors (Lipinski definition) is 1. The molecule has 1 amide bonds. The highest BCUT2D eigenvalue weighted by molar-refractivity contribution is 6.17. The van der Waals surface area contributed by atoms with Gasteiger partial charge in [-0.15, -0.1) is 0 Å². The van der Waals surface area contributed by atoms with E-state index < -0.39 is 47.0 Å². The van der Waals surface area contributed by atoms with Gasteiger partial charge in [-0.2, -0.15) is 13.2 Å². The standard InChI is InChI=1S/C32H32F3N3O5/c1-6-42-24-14-19-15-30(2,3)37-26(25(19)22-16-31(4,5)43-27(22)24)18-10-11-21(28(39)40)23(13-18)38(29(41)32(33,34)35)17-20-9-7-8-12-36-20/h7-14H,6,15-17H2,1-5H3,(H,39,40). The van der Waals surface area contributed by atoms with Crippen LogP contribution < -0.4 is 14.4 Å². The normalized spacial score (nSPS) is 16.4. The van der Waals surface area contributed by atoms with Crippen LogP contribution in [0.5, 0.6) is 11.5 Å². The van der Waals surface area contributed by atoms with Crippen molar-refractivity contribution in [3.8, 4) is 11.5 Å². The Balaban J connectivity index is 1.73. The van der Waals surface area contributed by atoms with Crippen LogP contribution in [0.4, 0.5) is 18.9 Å². The number of aromatic nitrogens is 1. The van der Waals surface area contributed by atoms with Gasteiger partial charge in [0.1, 0.15) is 5.60 Å². The maximum Gasteiger partial charge on any atom is 0.471 e. The van der Waals surface area contributed by atoms with Crippen LogP contribution in [0.1, 0.15) is 72.9 Å². The molecule has 0 radical (unpaired) electrons. The van der Waals surface area contributed by atoms with Gasteiger partial charge < -0.3 is 14.6 Å². The van der Waals surface area contributed by atoms with Crippen LogP contribution in [-0.4, -0.2) is 51.6 Å². The van der Waals surface area contributed by atoms with E-state index in [9.17, 15) is 27.9 Å². The zero-order valence-electron chi connectivity index (χ0n) is 24.5. The van der Waals surface area contributed by atoms with Gasteiger partial charge >= 0.3 is 18.1 Å². The lowest BCUT2D eigenvalue weighted by molar-refractivity contribution is -0.170. The number of rotatable bonds is 7. The summed E-state index contributed by atoms with van der Waals surface area (Å²) in [4.78, 5) is 34.5. The van der Waals surface area contributed by atoms with Crippen molar-refractivity contribution in [2.75, 3.05) is 11.5 Å². The highest BCUT2D eigenvalue weighted by atomic mass is 19.4. The van der Waals surface area contributed by atoms with E-state index >= 15 is 0 Å². The molecule has 3 heterocycles. The first-order valence-electron chi connectivity index (χ1n) is 13.9. The second kappa shape index (κ2) is 10.7. The Kier molecular flexibility index (Phi) is 7.48. The number of anilines is 1. The van der Waals surface area contributed by atoms with Gasteiger partial charge in [-0.1, -0.05) is 12.1 Å². The fourth-order valence-electron chi connectivity index (χ4n) is 5.70. The predicted octanol–water partition coefficient (Wildman–Crippen LogP) is 6.16. The van der Waals surface area contributed by atoms with Crippen molar-refractivity contribution in [3.05, 3.63) is 82.2 Å². The largest absolute Gasteiger partial charge is 0.490 e. The van der Waals surface area contributed by atoms with Crippen LogP contribution in [-0.2, 0) is 24.2 Å². The van der Waals surface area contributed by atoms with Gasteiger partial charge in [0.15, 0.2) is 11.5 Å². The Labute approximate surface area is 247 Å². The molecule has 2 aromatic carbocycles. The minimum Gasteiger partial charge on any atom is -0.490 e. The van der Waals surface area contributed by atoms with E-state index in [1.165, 1.54) is 30.5 Å². The molecule has 0 atom stereocenters. The number of alkyl halides is 3. The molecule has 3 aromatic rings. The number of ether oxygens (including phenoxy) is 2. The summed E-state index contributed by atoms with van der Waals surface area (Å²) in [7, 11) is 0. The summed E-state index contributed by atoms with van der Waals surface area (Å²) in [6.07, 6.45) is -2.78. The van der Waals surface area contributed by atoms with Gasteiger partial charge in [0.25, 0.3) is 0 Å². The molecular weight excluding hydrogens is 563 g/mol. The first-order valence-corrected chi connectivity index (χ1v) is 13.9. The van der Waals surface area contributed by atoms with Crippen molar-refractivity contribution < 1.29 is 37.3 Å². The lowest BCUT2D eigenvalue weighted by Crippen LogP contribution is -2.42. The summed E-state index contributed by atoms with van der Waals surface area (Å²) >= 11 is 0. The van der Waals surface area contributed by atoms with Gasteiger partial charge in [0, 0.05) is 29.3 Å². The smallest absolute Gasteiger partial charge is 0.471 e. The van der Waals surface area contributed by atoms with Gasteiger partial charge in [-0.3, -0.25) is 19.7 Å². The summed E-state index contributed by atoms with van der Waals surface area (Å²) in [5.41, 5.74) is 1.54. The molecule has 8 nitrogen and oxygen atoms in total. The molecule has 0 unspecified atom stereocenters. The summed E-state index contributed by atoms with van der Waals surface area (Å²) in [5.74, 6) is -2.49. The number of pyridine rings is 1. The average molecular weight is 596 g/mol. The number of halogens is 3. The van der Waals surface area contributed by atoms with Crippen molar-refractivity contribution in [2.45, 2.75) is 71.3 Å². The van der Waals surface area contributed by atoms with Gasteiger partial charge in [0.2, 0.25) is 0 Å². The minimum absolute atomic E-state index is 0.156. The van der Waals surface area contributed by atoms with Crippen molar-refractivity contribution in [2.24, 2.45) is 4.99 Å². The Morgan fingerprint density at radius 2 is 1.84 bits per heavy atom. The molecule has 0 spiro atoms. The summed E-state index contributed by atoms with van der Waals surface area (Å²) in [5, 5.41) is 9.98. The number of hydrogen-bond acceptors (Lipinski definition) is 6. The Morgan fingerprint density at radius 3 is 2.47 bits per heavy atom.